The number of hydrazone groups is 1. The second-order valence-corrected chi connectivity index (χ2v) is 8.15. The number of phenols is 1. The normalized spacial score (nSPS) is 11.4. The first-order valence-corrected chi connectivity index (χ1v) is 10.9. The first-order valence-electron chi connectivity index (χ1n) is 9.09. The minimum absolute atomic E-state index is 0.00548. The highest BCUT2D eigenvalue weighted by Gasteiger charge is 2.20. The van der Waals surface area contributed by atoms with Gasteiger partial charge >= 0.3 is 0 Å². The van der Waals surface area contributed by atoms with Crippen LogP contribution in [0.1, 0.15) is 25.0 Å². The van der Waals surface area contributed by atoms with Crippen molar-refractivity contribution < 1.29 is 23.1 Å². The number of ether oxygens (including phenoxy) is 1. The zero-order valence-corrected chi connectivity index (χ0v) is 17.4. The molecule has 29 heavy (non-hydrogen) atoms. The molecule has 0 aromatic heterocycles. The smallest absolute Gasteiger partial charge is 0.260 e. The van der Waals surface area contributed by atoms with Gasteiger partial charge in [-0.25, -0.2) is 13.8 Å². The van der Waals surface area contributed by atoms with Crippen LogP contribution in [0.4, 0.5) is 5.69 Å². The van der Waals surface area contributed by atoms with E-state index in [9.17, 15) is 18.3 Å². The van der Waals surface area contributed by atoms with Gasteiger partial charge in [-0.15, -0.1) is 0 Å². The number of hydrogen-bond donors (Lipinski definition) is 2. The third-order valence-electron chi connectivity index (χ3n) is 4.01. The Morgan fingerprint density at radius 2 is 1.90 bits per heavy atom. The highest BCUT2D eigenvalue weighted by Crippen LogP contribution is 2.26. The average molecular weight is 420 g/mol. The fraction of sp³-hybridized carbons (Fsp3) is 0.300. The lowest BCUT2D eigenvalue weighted by molar-refractivity contribution is -0.119. The summed E-state index contributed by atoms with van der Waals surface area (Å²) in [4.78, 5) is 12.2. The van der Waals surface area contributed by atoms with Gasteiger partial charge in [-0.05, 0) is 54.8 Å². The molecule has 0 aliphatic heterocycles. The molecule has 0 fully saturated rings. The number of nitrogens with zero attached hydrogens (tertiary/aromatic N) is 2. The maximum atomic E-state index is 12.2. The molecule has 156 valence electrons. The van der Waals surface area contributed by atoms with Crippen molar-refractivity contribution in [3.63, 3.8) is 0 Å². The van der Waals surface area contributed by atoms with Crippen LogP contribution in [0.25, 0.3) is 0 Å². The minimum Gasteiger partial charge on any atom is -0.504 e. The van der Waals surface area contributed by atoms with E-state index in [-0.39, 0.29) is 5.75 Å². The first kappa shape index (κ1) is 22.2. The highest BCUT2D eigenvalue weighted by molar-refractivity contribution is 7.92. The van der Waals surface area contributed by atoms with E-state index in [1.165, 1.54) is 12.3 Å². The van der Waals surface area contributed by atoms with E-state index in [1.807, 2.05) is 19.1 Å². The summed E-state index contributed by atoms with van der Waals surface area (Å²) in [5.74, 6) is -0.275. The van der Waals surface area contributed by atoms with Crippen molar-refractivity contribution in [3.8, 4) is 11.5 Å². The van der Waals surface area contributed by atoms with Crippen LogP contribution < -0.4 is 14.5 Å². The van der Waals surface area contributed by atoms with Crippen molar-refractivity contribution in [1.82, 2.24) is 5.43 Å². The Balaban J connectivity index is 2.06. The number of phenolic OH excluding ortho intramolecular Hbond substituents is 1. The second kappa shape index (κ2) is 9.92. The lowest BCUT2D eigenvalue weighted by Gasteiger charge is -2.21. The number of carbonyl (C=O) groups is 1. The zero-order chi connectivity index (χ0) is 21.4. The van der Waals surface area contributed by atoms with Gasteiger partial charge in [-0.3, -0.25) is 9.10 Å². The summed E-state index contributed by atoms with van der Waals surface area (Å²) in [5, 5.41) is 13.5. The second-order valence-electron chi connectivity index (χ2n) is 6.24. The number of anilines is 1. The third-order valence-corrected chi connectivity index (χ3v) is 5.15. The molecule has 0 heterocycles. The van der Waals surface area contributed by atoms with E-state index in [0.29, 0.717) is 23.6 Å². The van der Waals surface area contributed by atoms with Crippen molar-refractivity contribution in [3.05, 3.63) is 53.6 Å². The number of benzene rings is 2. The van der Waals surface area contributed by atoms with Crippen molar-refractivity contribution in [2.24, 2.45) is 5.10 Å². The molecule has 0 atom stereocenters. The predicted molar refractivity (Wildman–Crippen MR) is 113 cm³/mol. The van der Waals surface area contributed by atoms with E-state index in [1.54, 1.807) is 31.2 Å². The average Bonchev–Trinajstić information content (AvgIpc) is 2.68. The number of aromatic hydroxyl groups is 1. The van der Waals surface area contributed by atoms with Gasteiger partial charge < -0.3 is 9.84 Å². The van der Waals surface area contributed by atoms with E-state index in [4.69, 9.17) is 4.74 Å². The lowest BCUT2D eigenvalue weighted by Crippen LogP contribution is -2.39. The summed E-state index contributed by atoms with van der Waals surface area (Å²) >= 11 is 0. The van der Waals surface area contributed by atoms with Gasteiger partial charge in [-0.2, -0.15) is 5.10 Å². The summed E-state index contributed by atoms with van der Waals surface area (Å²) in [5.41, 5.74) is 4.38. The molecule has 2 aromatic carbocycles. The van der Waals surface area contributed by atoms with Crippen molar-refractivity contribution >= 4 is 27.8 Å². The molecule has 0 aliphatic rings. The molecule has 0 aliphatic carbocycles. The van der Waals surface area contributed by atoms with Crippen LogP contribution in [0, 0.1) is 0 Å². The van der Waals surface area contributed by atoms with Gasteiger partial charge in [0.2, 0.25) is 10.0 Å². The largest absolute Gasteiger partial charge is 0.504 e. The molecule has 0 saturated carbocycles. The summed E-state index contributed by atoms with van der Waals surface area (Å²) in [7, 11) is -3.65. The third kappa shape index (κ3) is 6.49. The van der Waals surface area contributed by atoms with Gasteiger partial charge in [0, 0.05) is 0 Å². The monoisotopic (exact) mass is 419 g/mol. The molecule has 0 saturated heterocycles. The molecule has 2 N–H and O–H groups in total. The fourth-order valence-electron chi connectivity index (χ4n) is 2.52. The van der Waals surface area contributed by atoms with Crippen LogP contribution >= 0.6 is 0 Å². The van der Waals surface area contributed by atoms with Crippen LogP contribution in [-0.2, 0) is 21.2 Å². The topological polar surface area (TPSA) is 108 Å². The number of carbonyl (C=O) groups excluding carboxylic acids is 1. The Morgan fingerprint density at radius 3 is 2.48 bits per heavy atom. The summed E-state index contributed by atoms with van der Waals surface area (Å²) in [6.07, 6.45) is 3.25. The van der Waals surface area contributed by atoms with Gasteiger partial charge in [0.1, 0.15) is 6.54 Å². The van der Waals surface area contributed by atoms with Gasteiger partial charge in [0.05, 0.1) is 24.8 Å². The molecule has 0 spiro atoms. The summed E-state index contributed by atoms with van der Waals surface area (Å²) < 4.78 is 30.5. The zero-order valence-electron chi connectivity index (χ0n) is 16.6. The van der Waals surface area contributed by atoms with Crippen LogP contribution in [0.5, 0.6) is 11.5 Å². The Morgan fingerprint density at radius 1 is 1.21 bits per heavy atom. The van der Waals surface area contributed by atoms with Gasteiger partial charge in [0.15, 0.2) is 11.5 Å². The van der Waals surface area contributed by atoms with E-state index in [0.717, 1.165) is 22.5 Å². The fourth-order valence-corrected chi connectivity index (χ4v) is 3.38. The van der Waals surface area contributed by atoms with Crippen molar-refractivity contribution in [2.75, 3.05) is 23.7 Å². The lowest BCUT2D eigenvalue weighted by atomic mass is 10.1. The maximum absolute atomic E-state index is 12.2. The Hall–Kier alpha value is -3.07. The molecule has 8 nitrogen and oxygen atoms in total. The van der Waals surface area contributed by atoms with E-state index in [2.05, 4.69) is 10.5 Å². The molecule has 9 heteroatoms. The Bertz CT molecular complexity index is 972. The van der Waals surface area contributed by atoms with Crippen molar-refractivity contribution in [1.29, 1.82) is 0 Å². The standard InChI is InChI=1S/C20H25N3O5S/c1-4-15-6-9-17(10-7-15)23(29(3,26)27)14-20(25)22-21-13-16-8-11-18(24)19(12-16)28-5-2/h6-13,24H,4-5,14H2,1-3H3,(H,22,25)/b21-13-. The summed E-state index contributed by atoms with van der Waals surface area (Å²) in [6, 6.07) is 11.6. The molecular weight excluding hydrogens is 394 g/mol. The molecule has 0 radical (unpaired) electrons. The Labute approximate surface area is 170 Å². The molecule has 0 bridgehead atoms. The van der Waals surface area contributed by atoms with E-state index < -0.39 is 22.5 Å². The first-order chi connectivity index (χ1) is 13.7. The van der Waals surface area contributed by atoms with Crippen LogP contribution in [0.15, 0.2) is 47.6 Å². The van der Waals surface area contributed by atoms with Crippen LogP contribution in [0.2, 0.25) is 0 Å². The summed E-state index contributed by atoms with van der Waals surface area (Å²) in [6.45, 7) is 3.79. The number of aryl methyl sites for hydroxylation is 1. The van der Waals surface area contributed by atoms with Gasteiger partial charge in [-0.1, -0.05) is 19.1 Å². The van der Waals surface area contributed by atoms with E-state index >= 15 is 0 Å². The molecule has 2 rings (SSSR count). The van der Waals surface area contributed by atoms with Gasteiger partial charge in [0.25, 0.3) is 5.91 Å². The number of amides is 1. The maximum Gasteiger partial charge on any atom is 0.260 e. The number of sulfonamides is 1. The van der Waals surface area contributed by atoms with Crippen molar-refractivity contribution in [2.45, 2.75) is 20.3 Å². The molecule has 2 aromatic rings. The predicted octanol–water partition coefficient (Wildman–Crippen LogP) is 2.27. The SMILES string of the molecule is CCOc1cc(/C=N\NC(=O)CN(c2ccc(CC)cc2)S(C)(=O)=O)ccc1O. The molecule has 0 unspecified atom stereocenters. The number of rotatable bonds is 9. The number of hydrogen-bond acceptors (Lipinski definition) is 6. The quantitative estimate of drug-likeness (QED) is 0.479. The number of nitrogens with one attached hydrogen (secondary N) is 1. The van der Waals surface area contributed by atoms with Crippen LogP contribution in [0.3, 0.4) is 0 Å². The minimum atomic E-state index is -3.65. The van der Waals surface area contributed by atoms with Crippen LogP contribution in [-0.4, -0.2) is 45.1 Å². The highest BCUT2D eigenvalue weighted by atomic mass is 32.2. The Kier molecular flexibility index (Phi) is 7.60. The molecule has 1 amide bonds. The molecular formula is C20H25N3O5S.